The van der Waals surface area contributed by atoms with Crippen LogP contribution in [0.25, 0.3) is 0 Å². The highest BCUT2D eigenvalue weighted by atomic mass is 32.1. The summed E-state index contributed by atoms with van der Waals surface area (Å²) in [4.78, 5) is 0. The molecule has 0 bridgehead atoms. The minimum absolute atomic E-state index is 0.202. The van der Waals surface area contributed by atoms with Gasteiger partial charge in [-0.1, -0.05) is 24.3 Å². The van der Waals surface area contributed by atoms with Gasteiger partial charge in [-0.15, -0.1) is 0 Å². The minimum Gasteiger partial charge on any atom is -0.362 e. The van der Waals surface area contributed by atoms with Crippen molar-refractivity contribution in [2.24, 2.45) is 0 Å². The third kappa shape index (κ3) is 4.83. The van der Waals surface area contributed by atoms with E-state index < -0.39 is 0 Å². The molecule has 2 rings (SSSR count). The van der Waals surface area contributed by atoms with Gasteiger partial charge in [0.25, 0.3) is 0 Å². The number of allylic oxidation sites excluding steroid dienone is 3. The largest absolute Gasteiger partial charge is 0.362 e. The smallest absolute Gasteiger partial charge is 0.170 e. The van der Waals surface area contributed by atoms with Crippen molar-refractivity contribution in [3.8, 4) is 0 Å². The summed E-state index contributed by atoms with van der Waals surface area (Å²) >= 11 is 5.19. The van der Waals surface area contributed by atoms with Gasteiger partial charge in [0, 0.05) is 12.2 Å². The Kier molecular flexibility index (Phi) is 5.10. The Morgan fingerprint density at radius 3 is 3.00 bits per heavy atom. The van der Waals surface area contributed by atoms with Crippen molar-refractivity contribution < 1.29 is 4.39 Å². The van der Waals surface area contributed by atoms with Crippen LogP contribution in [0.1, 0.15) is 12.0 Å². The first-order valence-electron chi connectivity index (χ1n) is 6.23. The molecule has 0 saturated heterocycles. The number of hydrogen-bond acceptors (Lipinski definition) is 1. The molecule has 19 heavy (non-hydrogen) atoms. The zero-order valence-corrected chi connectivity index (χ0v) is 11.3. The van der Waals surface area contributed by atoms with E-state index in [0.717, 1.165) is 24.1 Å². The van der Waals surface area contributed by atoms with Crippen LogP contribution < -0.4 is 10.6 Å². The van der Waals surface area contributed by atoms with E-state index in [1.54, 1.807) is 12.1 Å². The van der Waals surface area contributed by atoms with E-state index in [1.165, 1.54) is 6.07 Å². The summed E-state index contributed by atoms with van der Waals surface area (Å²) in [6, 6.07) is 6.61. The van der Waals surface area contributed by atoms with Gasteiger partial charge >= 0.3 is 0 Å². The molecule has 0 amide bonds. The van der Waals surface area contributed by atoms with Crippen LogP contribution in [0.5, 0.6) is 0 Å². The summed E-state index contributed by atoms with van der Waals surface area (Å²) in [5.74, 6) is -0.202. The van der Waals surface area contributed by atoms with E-state index in [4.69, 9.17) is 12.2 Å². The van der Waals surface area contributed by atoms with Gasteiger partial charge in [0.2, 0.25) is 0 Å². The highest BCUT2D eigenvalue weighted by molar-refractivity contribution is 7.80. The van der Waals surface area contributed by atoms with Crippen LogP contribution >= 0.6 is 12.2 Å². The van der Waals surface area contributed by atoms with Crippen LogP contribution in [0.4, 0.5) is 4.39 Å². The second-order valence-corrected chi connectivity index (χ2v) is 4.66. The molecule has 1 aliphatic rings. The maximum absolute atomic E-state index is 13.0. The monoisotopic (exact) mass is 275 g/mol. The number of halogens is 1. The second kappa shape index (κ2) is 7.04. The molecule has 0 aliphatic heterocycles. The summed E-state index contributed by atoms with van der Waals surface area (Å²) in [5.41, 5.74) is 1.97. The molecule has 2 N–H and O–H groups in total. The van der Waals surface area contributed by atoms with E-state index >= 15 is 0 Å². The number of thiocarbonyl (C=S) groups is 1. The first kappa shape index (κ1) is 13.7. The maximum atomic E-state index is 13.0. The Morgan fingerprint density at radius 1 is 1.37 bits per heavy atom. The number of benzene rings is 1. The fraction of sp³-hybridized carbons (Fsp3) is 0.200. The van der Waals surface area contributed by atoms with Crippen LogP contribution in [0, 0.1) is 12.2 Å². The van der Waals surface area contributed by atoms with Gasteiger partial charge in [-0.25, -0.2) is 4.39 Å². The van der Waals surface area contributed by atoms with Crippen molar-refractivity contribution in [3.63, 3.8) is 0 Å². The summed E-state index contributed by atoms with van der Waals surface area (Å²) in [6.07, 6.45) is 9.78. The Balaban J connectivity index is 1.72. The Labute approximate surface area is 118 Å². The fourth-order valence-electron chi connectivity index (χ4n) is 1.79. The third-order valence-electron chi connectivity index (χ3n) is 2.73. The lowest BCUT2D eigenvalue weighted by Gasteiger charge is -2.13. The topological polar surface area (TPSA) is 24.1 Å². The Morgan fingerprint density at radius 2 is 2.26 bits per heavy atom. The van der Waals surface area contributed by atoms with Crippen LogP contribution in [0.2, 0.25) is 0 Å². The molecule has 2 nitrogen and oxygen atoms in total. The Hall–Kier alpha value is -1.68. The zero-order chi connectivity index (χ0) is 13.5. The molecular formula is C15H16FN2S. The van der Waals surface area contributed by atoms with Gasteiger partial charge in [-0.2, -0.15) is 0 Å². The van der Waals surface area contributed by atoms with Gasteiger partial charge in [-0.05, 0) is 55.3 Å². The van der Waals surface area contributed by atoms with Crippen molar-refractivity contribution in [3.05, 3.63) is 66.0 Å². The lowest BCUT2D eigenvalue weighted by atomic mass is 10.1. The first-order chi connectivity index (χ1) is 9.24. The summed E-state index contributed by atoms with van der Waals surface area (Å²) in [5, 5.41) is 6.82. The van der Waals surface area contributed by atoms with Gasteiger partial charge in [0.05, 0.1) is 0 Å². The minimum atomic E-state index is -0.202. The third-order valence-corrected chi connectivity index (χ3v) is 2.98. The van der Waals surface area contributed by atoms with Crippen LogP contribution in [0.15, 0.2) is 48.2 Å². The maximum Gasteiger partial charge on any atom is 0.170 e. The van der Waals surface area contributed by atoms with E-state index in [1.807, 2.05) is 18.2 Å². The van der Waals surface area contributed by atoms with Crippen LogP contribution in [-0.2, 0) is 6.42 Å². The molecule has 0 heterocycles. The SMILES string of the molecule is Fc1cccc(CCNC(=S)NC2=CC[CH]C=C2)c1. The zero-order valence-electron chi connectivity index (χ0n) is 10.5. The van der Waals surface area contributed by atoms with E-state index in [2.05, 4.69) is 23.1 Å². The van der Waals surface area contributed by atoms with Gasteiger partial charge in [0.15, 0.2) is 5.11 Å². The molecular weight excluding hydrogens is 259 g/mol. The average molecular weight is 275 g/mol. The predicted molar refractivity (Wildman–Crippen MR) is 80.0 cm³/mol. The molecule has 1 radical (unpaired) electrons. The highest BCUT2D eigenvalue weighted by Crippen LogP contribution is 2.06. The molecule has 0 fully saturated rings. The van der Waals surface area contributed by atoms with E-state index in [9.17, 15) is 4.39 Å². The lowest BCUT2D eigenvalue weighted by Crippen LogP contribution is -2.35. The molecule has 99 valence electrons. The molecule has 1 aliphatic carbocycles. The van der Waals surface area contributed by atoms with E-state index in [-0.39, 0.29) is 5.82 Å². The predicted octanol–water partition coefficient (Wildman–Crippen LogP) is 2.88. The molecule has 4 heteroatoms. The summed E-state index contributed by atoms with van der Waals surface area (Å²) < 4.78 is 13.0. The van der Waals surface area contributed by atoms with E-state index in [0.29, 0.717) is 11.7 Å². The molecule has 0 atom stereocenters. The van der Waals surface area contributed by atoms with Crippen LogP contribution in [0.3, 0.4) is 0 Å². The fourth-order valence-corrected chi connectivity index (χ4v) is 2.01. The van der Waals surface area contributed by atoms with Gasteiger partial charge in [-0.3, -0.25) is 0 Å². The van der Waals surface area contributed by atoms with Crippen molar-refractivity contribution in [1.82, 2.24) is 10.6 Å². The van der Waals surface area contributed by atoms with Crippen LogP contribution in [-0.4, -0.2) is 11.7 Å². The number of nitrogens with one attached hydrogen (secondary N) is 2. The Bertz CT molecular complexity index is 509. The molecule has 0 unspecified atom stereocenters. The molecule has 0 spiro atoms. The summed E-state index contributed by atoms with van der Waals surface area (Å²) in [7, 11) is 0. The van der Waals surface area contributed by atoms with Crippen molar-refractivity contribution in [2.75, 3.05) is 6.54 Å². The molecule has 0 aromatic heterocycles. The second-order valence-electron chi connectivity index (χ2n) is 4.25. The quantitative estimate of drug-likeness (QED) is 0.826. The van der Waals surface area contributed by atoms with Gasteiger partial charge < -0.3 is 10.6 Å². The molecule has 1 aromatic carbocycles. The molecule has 1 aromatic rings. The normalized spacial score (nSPS) is 13.8. The first-order valence-corrected chi connectivity index (χ1v) is 6.64. The number of hydrogen-bond donors (Lipinski definition) is 2. The van der Waals surface area contributed by atoms with Gasteiger partial charge in [0.1, 0.15) is 5.82 Å². The van der Waals surface area contributed by atoms with Crippen molar-refractivity contribution >= 4 is 17.3 Å². The lowest BCUT2D eigenvalue weighted by molar-refractivity contribution is 0.625. The van der Waals surface area contributed by atoms with Crippen molar-refractivity contribution in [2.45, 2.75) is 12.8 Å². The molecule has 0 saturated carbocycles. The standard InChI is InChI=1S/C15H16FN2S/c16-13-6-4-5-12(11-13)9-10-17-15(19)18-14-7-2-1-3-8-14/h1-2,4-8,11H,3,9-10H2,(H2,17,18,19). The average Bonchev–Trinajstić information content (AvgIpc) is 2.40. The highest BCUT2D eigenvalue weighted by Gasteiger charge is 2.01. The van der Waals surface area contributed by atoms with Crippen molar-refractivity contribution in [1.29, 1.82) is 0 Å². The summed E-state index contributed by atoms with van der Waals surface area (Å²) in [6.45, 7) is 0.679. The number of rotatable bonds is 4.